The van der Waals surface area contributed by atoms with Crippen LogP contribution in [0, 0.1) is 5.92 Å². The van der Waals surface area contributed by atoms with Gasteiger partial charge in [0.05, 0.1) is 12.2 Å². The molecule has 31 heavy (non-hydrogen) atoms. The van der Waals surface area contributed by atoms with Gasteiger partial charge in [0.2, 0.25) is 0 Å². The Morgan fingerprint density at radius 3 is 2.45 bits per heavy atom. The van der Waals surface area contributed by atoms with Crippen LogP contribution in [-0.4, -0.2) is 29.1 Å². The van der Waals surface area contributed by atoms with E-state index in [1.54, 1.807) is 6.07 Å². The van der Waals surface area contributed by atoms with Crippen LogP contribution < -0.4 is 10.1 Å². The van der Waals surface area contributed by atoms with Crippen LogP contribution in [-0.2, 0) is 4.79 Å². The van der Waals surface area contributed by atoms with E-state index in [0.717, 1.165) is 36.0 Å². The highest BCUT2D eigenvalue weighted by Crippen LogP contribution is 2.38. The third kappa shape index (κ3) is 4.67. The number of ether oxygens (including phenoxy) is 1. The number of carboxylic acid groups (broad SMARTS) is 1. The fourth-order valence-electron chi connectivity index (χ4n) is 4.86. The molecule has 0 atom stereocenters. The average molecular weight is 444 g/mol. The number of carbonyl (C=O) groups is 2. The highest BCUT2D eigenvalue weighted by atomic mass is 35.5. The van der Waals surface area contributed by atoms with E-state index in [0.29, 0.717) is 35.8 Å². The van der Waals surface area contributed by atoms with Crippen molar-refractivity contribution in [2.75, 3.05) is 6.61 Å². The van der Waals surface area contributed by atoms with Gasteiger partial charge in [-0.15, -0.1) is 0 Å². The summed E-state index contributed by atoms with van der Waals surface area (Å²) in [6.45, 7) is 0.520. The van der Waals surface area contributed by atoms with Gasteiger partial charge in [-0.1, -0.05) is 68.0 Å². The minimum atomic E-state index is -1.19. The number of nitrogens with one attached hydrogen (secondary N) is 1. The fourth-order valence-corrected chi connectivity index (χ4v) is 5.13. The van der Waals surface area contributed by atoms with Crippen LogP contribution in [0.1, 0.15) is 74.6 Å². The number of hydrogen-bond donors (Lipinski definition) is 2. The lowest BCUT2D eigenvalue weighted by Gasteiger charge is -2.38. The van der Waals surface area contributed by atoms with E-state index >= 15 is 0 Å². The third-order valence-electron chi connectivity index (χ3n) is 6.89. The topological polar surface area (TPSA) is 75.6 Å². The lowest BCUT2D eigenvalue weighted by molar-refractivity contribution is -0.148. The second kappa shape index (κ2) is 9.47. The Morgan fingerprint density at radius 2 is 1.81 bits per heavy atom. The van der Waals surface area contributed by atoms with Crippen molar-refractivity contribution in [2.45, 2.75) is 69.7 Å². The van der Waals surface area contributed by atoms with Gasteiger partial charge in [-0.25, -0.2) is 4.79 Å². The maximum Gasteiger partial charge on any atom is 0.329 e. The summed E-state index contributed by atoms with van der Waals surface area (Å²) >= 11 is 6.47. The van der Waals surface area contributed by atoms with E-state index in [2.05, 4.69) is 5.32 Å². The number of hydrogen-bond acceptors (Lipinski definition) is 3. The van der Waals surface area contributed by atoms with Crippen molar-refractivity contribution in [3.05, 3.63) is 40.9 Å². The zero-order valence-corrected chi connectivity index (χ0v) is 18.5. The Bertz CT molecular complexity index is 963. The monoisotopic (exact) mass is 443 g/mol. The number of rotatable bonds is 8. The second-order valence-corrected chi connectivity index (χ2v) is 9.38. The van der Waals surface area contributed by atoms with Gasteiger partial charge in [0.1, 0.15) is 11.3 Å². The lowest BCUT2D eigenvalue weighted by atomic mass is 9.76. The van der Waals surface area contributed by atoms with Crippen LogP contribution in [0.4, 0.5) is 0 Å². The third-order valence-corrected chi connectivity index (χ3v) is 7.20. The standard InChI is InChI=1S/C25H30ClNO4/c26-21-16-20(23(28)27-25(24(29)30)13-7-14-25)22(19-12-5-4-11-18(19)21)31-15-6-10-17-8-2-1-3-9-17/h4-5,11-12,16-17H,1-3,6-10,13-15H2,(H,27,28)(H,29,30). The number of aliphatic carboxylic acids is 1. The van der Waals surface area contributed by atoms with Crippen molar-refractivity contribution in [3.63, 3.8) is 0 Å². The molecule has 2 aromatic rings. The zero-order chi connectivity index (χ0) is 21.8. The molecule has 2 aliphatic carbocycles. The van der Waals surface area contributed by atoms with Gasteiger partial charge in [0, 0.05) is 15.8 Å². The SMILES string of the molecule is O=C(NC1(C(=O)O)CCC1)c1cc(Cl)c2ccccc2c1OCCCC1CCCCC1. The summed E-state index contributed by atoms with van der Waals surface area (Å²) < 4.78 is 6.18. The van der Waals surface area contributed by atoms with Crippen LogP contribution in [0.25, 0.3) is 10.8 Å². The number of amides is 1. The van der Waals surface area contributed by atoms with Crippen molar-refractivity contribution in [1.82, 2.24) is 5.32 Å². The first-order valence-electron chi connectivity index (χ1n) is 11.4. The summed E-state index contributed by atoms with van der Waals surface area (Å²) in [5.41, 5.74) is -0.887. The molecule has 0 bridgehead atoms. The number of halogens is 1. The molecule has 0 aromatic heterocycles. The van der Waals surface area contributed by atoms with Crippen LogP contribution in [0.3, 0.4) is 0 Å². The minimum absolute atomic E-state index is 0.300. The van der Waals surface area contributed by atoms with Crippen LogP contribution in [0.15, 0.2) is 30.3 Å². The number of carbonyl (C=O) groups excluding carboxylic acids is 1. The second-order valence-electron chi connectivity index (χ2n) is 8.97. The predicted molar refractivity (Wildman–Crippen MR) is 122 cm³/mol. The number of fused-ring (bicyclic) bond motifs is 1. The summed E-state index contributed by atoms with van der Waals surface area (Å²) in [5.74, 6) is -0.178. The maximum absolute atomic E-state index is 13.1. The van der Waals surface area contributed by atoms with Gasteiger partial charge in [0.15, 0.2) is 0 Å². The fraction of sp³-hybridized carbons (Fsp3) is 0.520. The summed E-state index contributed by atoms with van der Waals surface area (Å²) in [4.78, 5) is 24.9. The lowest BCUT2D eigenvalue weighted by Crippen LogP contribution is -2.59. The summed E-state index contributed by atoms with van der Waals surface area (Å²) in [6.07, 6.45) is 10.3. The minimum Gasteiger partial charge on any atom is -0.492 e. The van der Waals surface area contributed by atoms with E-state index in [1.165, 1.54) is 32.1 Å². The normalized spacial score (nSPS) is 18.4. The molecule has 0 heterocycles. The molecule has 5 nitrogen and oxygen atoms in total. The Morgan fingerprint density at radius 1 is 1.10 bits per heavy atom. The largest absolute Gasteiger partial charge is 0.492 e. The molecule has 0 unspecified atom stereocenters. The van der Waals surface area contributed by atoms with Gasteiger partial charge in [-0.2, -0.15) is 0 Å². The molecule has 2 aromatic carbocycles. The molecule has 2 saturated carbocycles. The number of carboxylic acids is 1. The average Bonchev–Trinajstić information content (AvgIpc) is 2.75. The molecular weight excluding hydrogens is 414 g/mol. The van der Waals surface area contributed by atoms with Gasteiger partial charge < -0.3 is 15.2 Å². The maximum atomic E-state index is 13.1. The van der Waals surface area contributed by atoms with E-state index < -0.39 is 17.4 Å². The smallest absolute Gasteiger partial charge is 0.329 e. The molecule has 0 spiro atoms. The van der Waals surface area contributed by atoms with E-state index in [-0.39, 0.29) is 0 Å². The first-order chi connectivity index (χ1) is 15.0. The Balaban J connectivity index is 1.55. The first-order valence-corrected chi connectivity index (χ1v) is 11.8. The van der Waals surface area contributed by atoms with Crippen LogP contribution in [0.2, 0.25) is 5.02 Å². The molecule has 0 aliphatic heterocycles. The van der Waals surface area contributed by atoms with E-state index in [1.807, 2.05) is 24.3 Å². The van der Waals surface area contributed by atoms with E-state index in [9.17, 15) is 14.7 Å². The quantitative estimate of drug-likeness (QED) is 0.493. The van der Waals surface area contributed by atoms with Crippen molar-refractivity contribution < 1.29 is 19.4 Å². The molecule has 4 rings (SSSR count). The van der Waals surface area contributed by atoms with Gasteiger partial charge in [-0.3, -0.25) is 4.79 Å². The van der Waals surface area contributed by atoms with Crippen molar-refractivity contribution in [2.24, 2.45) is 5.92 Å². The van der Waals surface area contributed by atoms with Gasteiger partial charge in [0.25, 0.3) is 5.91 Å². The Hall–Kier alpha value is -2.27. The predicted octanol–water partition coefficient (Wildman–Crippen LogP) is 5.97. The highest BCUT2D eigenvalue weighted by Gasteiger charge is 2.46. The van der Waals surface area contributed by atoms with Gasteiger partial charge in [-0.05, 0) is 44.1 Å². The molecule has 1 amide bonds. The molecule has 2 aliphatic rings. The number of benzene rings is 2. The van der Waals surface area contributed by atoms with Crippen molar-refractivity contribution >= 4 is 34.2 Å². The van der Waals surface area contributed by atoms with Crippen LogP contribution >= 0.6 is 11.6 Å². The van der Waals surface area contributed by atoms with Crippen LogP contribution in [0.5, 0.6) is 5.75 Å². The molecule has 0 radical (unpaired) electrons. The van der Waals surface area contributed by atoms with E-state index in [4.69, 9.17) is 16.3 Å². The first kappa shape index (κ1) is 21.9. The molecule has 0 saturated heterocycles. The Kier molecular flexibility index (Phi) is 6.71. The molecule has 2 fully saturated rings. The zero-order valence-electron chi connectivity index (χ0n) is 17.8. The van der Waals surface area contributed by atoms with Crippen molar-refractivity contribution in [3.8, 4) is 5.75 Å². The summed E-state index contributed by atoms with van der Waals surface area (Å²) in [6, 6.07) is 9.18. The Labute approximate surface area is 188 Å². The highest BCUT2D eigenvalue weighted by molar-refractivity contribution is 6.36. The van der Waals surface area contributed by atoms with Gasteiger partial charge >= 0.3 is 5.97 Å². The summed E-state index contributed by atoms with van der Waals surface area (Å²) in [7, 11) is 0. The molecule has 2 N–H and O–H groups in total. The molecule has 166 valence electrons. The van der Waals surface area contributed by atoms with Crippen molar-refractivity contribution in [1.29, 1.82) is 0 Å². The summed E-state index contributed by atoms with van der Waals surface area (Å²) in [5, 5.41) is 14.4. The molecular formula is C25H30ClNO4. The molecule has 6 heteroatoms.